The van der Waals surface area contributed by atoms with E-state index in [1.54, 1.807) is 18.4 Å². The van der Waals surface area contributed by atoms with E-state index in [9.17, 15) is 0 Å². The van der Waals surface area contributed by atoms with Crippen LogP contribution in [0.1, 0.15) is 11.4 Å². The first kappa shape index (κ1) is 14.6. The first-order chi connectivity index (χ1) is 9.29. The molecule has 0 fully saturated rings. The molecule has 0 spiro atoms. The first-order valence-corrected chi connectivity index (χ1v) is 7.68. The van der Waals surface area contributed by atoms with Gasteiger partial charge in [0.15, 0.2) is 15.4 Å². The van der Waals surface area contributed by atoms with Gasteiger partial charge < -0.3 is 14.5 Å². The lowest BCUT2D eigenvalue weighted by Crippen LogP contribution is -2.20. The minimum Gasteiger partial charge on any atom is -0.447 e. The fourth-order valence-electron chi connectivity index (χ4n) is 1.55. The average Bonchev–Trinajstić information content (AvgIpc) is 3.02. The number of nitrogens with zero attached hydrogens (tertiary/aromatic N) is 2. The van der Waals surface area contributed by atoms with Crippen LogP contribution in [0.25, 0.3) is 10.8 Å². The van der Waals surface area contributed by atoms with Gasteiger partial charge in [0, 0.05) is 20.1 Å². The highest BCUT2D eigenvalue weighted by molar-refractivity contribution is 9.10. The molecule has 104 valence electrons. The van der Waals surface area contributed by atoms with Crippen molar-refractivity contribution in [2.24, 2.45) is 0 Å². The van der Waals surface area contributed by atoms with Crippen LogP contribution < -0.4 is 5.32 Å². The summed E-state index contributed by atoms with van der Waals surface area (Å²) in [6, 6.07) is 3.75. The zero-order valence-electron chi connectivity index (χ0n) is 10.7. The van der Waals surface area contributed by atoms with Gasteiger partial charge in [-0.3, -0.25) is 0 Å². The Labute approximate surface area is 124 Å². The third kappa shape index (κ3) is 4.68. The van der Waals surface area contributed by atoms with Gasteiger partial charge in [-0.05, 0) is 41.0 Å². The largest absolute Gasteiger partial charge is 0.447 e. The smallest absolute Gasteiger partial charge is 0.183 e. The SMILES string of the molecule is COCCNCCCc1nnc(-c2ccc(Br)o2)s1. The number of aryl methyl sites for hydroxylation is 1. The molecule has 7 heteroatoms. The highest BCUT2D eigenvalue weighted by Crippen LogP contribution is 2.27. The summed E-state index contributed by atoms with van der Waals surface area (Å²) in [6.07, 6.45) is 1.97. The lowest BCUT2D eigenvalue weighted by atomic mass is 10.3. The quantitative estimate of drug-likeness (QED) is 0.745. The fraction of sp³-hybridized carbons (Fsp3) is 0.500. The van der Waals surface area contributed by atoms with Crippen LogP contribution in [0.15, 0.2) is 21.2 Å². The molecule has 0 saturated heterocycles. The molecule has 0 aliphatic heterocycles. The van der Waals surface area contributed by atoms with Crippen LogP contribution in [-0.2, 0) is 11.2 Å². The predicted molar refractivity (Wildman–Crippen MR) is 78.4 cm³/mol. The van der Waals surface area contributed by atoms with Gasteiger partial charge in [0.25, 0.3) is 0 Å². The number of hydrogen-bond acceptors (Lipinski definition) is 6. The number of aromatic nitrogens is 2. The summed E-state index contributed by atoms with van der Waals surface area (Å²) in [7, 11) is 1.71. The van der Waals surface area contributed by atoms with Crippen LogP contribution in [0.3, 0.4) is 0 Å². The van der Waals surface area contributed by atoms with E-state index in [1.807, 2.05) is 12.1 Å². The van der Waals surface area contributed by atoms with Gasteiger partial charge in [-0.25, -0.2) is 0 Å². The number of ether oxygens (including phenoxy) is 1. The lowest BCUT2D eigenvalue weighted by molar-refractivity contribution is 0.199. The monoisotopic (exact) mass is 345 g/mol. The minimum absolute atomic E-state index is 0.710. The van der Waals surface area contributed by atoms with E-state index in [4.69, 9.17) is 9.15 Å². The van der Waals surface area contributed by atoms with E-state index in [0.717, 1.165) is 48.3 Å². The van der Waals surface area contributed by atoms with Crippen LogP contribution in [0.5, 0.6) is 0 Å². The Morgan fingerprint density at radius 2 is 2.26 bits per heavy atom. The molecule has 2 aromatic rings. The van der Waals surface area contributed by atoms with Crippen molar-refractivity contribution in [1.29, 1.82) is 0 Å². The third-order valence-electron chi connectivity index (χ3n) is 2.48. The number of rotatable bonds is 8. The molecule has 19 heavy (non-hydrogen) atoms. The molecular weight excluding hydrogens is 330 g/mol. The van der Waals surface area contributed by atoms with E-state index < -0.39 is 0 Å². The normalized spacial score (nSPS) is 11.1. The summed E-state index contributed by atoms with van der Waals surface area (Å²) in [5.41, 5.74) is 0. The first-order valence-electron chi connectivity index (χ1n) is 6.07. The zero-order chi connectivity index (χ0) is 13.5. The number of hydrogen-bond donors (Lipinski definition) is 1. The average molecular weight is 346 g/mol. The Bertz CT molecular complexity index is 501. The Balaban J connectivity index is 1.75. The summed E-state index contributed by atoms with van der Waals surface area (Å²) < 4.78 is 11.1. The number of methoxy groups -OCH3 is 1. The molecule has 5 nitrogen and oxygen atoms in total. The van der Waals surface area contributed by atoms with E-state index in [-0.39, 0.29) is 0 Å². The van der Waals surface area contributed by atoms with E-state index in [0.29, 0.717) is 4.67 Å². The fourth-order valence-corrected chi connectivity index (χ4v) is 2.70. The lowest BCUT2D eigenvalue weighted by Gasteiger charge is -2.01. The van der Waals surface area contributed by atoms with Crippen LogP contribution in [0.4, 0.5) is 0 Å². The molecule has 0 unspecified atom stereocenters. The molecule has 0 aromatic carbocycles. The molecule has 2 aromatic heterocycles. The van der Waals surface area contributed by atoms with E-state index >= 15 is 0 Å². The van der Waals surface area contributed by atoms with Crippen molar-refractivity contribution in [3.63, 3.8) is 0 Å². The maximum atomic E-state index is 5.45. The van der Waals surface area contributed by atoms with Crippen molar-refractivity contribution in [2.75, 3.05) is 26.8 Å². The highest BCUT2D eigenvalue weighted by Gasteiger charge is 2.09. The van der Waals surface area contributed by atoms with Gasteiger partial charge in [-0.2, -0.15) is 0 Å². The molecule has 0 aliphatic carbocycles. The Morgan fingerprint density at radius 1 is 1.37 bits per heavy atom. The van der Waals surface area contributed by atoms with Gasteiger partial charge >= 0.3 is 0 Å². The second kappa shape index (κ2) is 7.74. The highest BCUT2D eigenvalue weighted by atomic mass is 79.9. The molecule has 0 radical (unpaired) electrons. The Kier molecular flexibility index (Phi) is 5.96. The number of nitrogens with one attached hydrogen (secondary N) is 1. The Hall–Kier alpha value is -0.760. The molecule has 0 amide bonds. The maximum absolute atomic E-state index is 5.45. The standard InChI is InChI=1S/C12H16BrN3O2S/c1-17-8-7-14-6-2-3-11-15-16-12(19-11)9-4-5-10(13)18-9/h4-5,14H,2-3,6-8H2,1H3. The van der Waals surface area contributed by atoms with Crippen molar-refractivity contribution >= 4 is 27.3 Å². The van der Waals surface area contributed by atoms with Crippen LogP contribution >= 0.6 is 27.3 Å². The maximum Gasteiger partial charge on any atom is 0.183 e. The summed E-state index contributed by atoms with van der Waals surface area (Å²) in [5, 5.41) is 13.5. The van der Waals surface area contributed by atoms with Gasteiger partial charge in [-0.1, -0.05) is 11.3 Å². The van der Waals surface area contributed by atoms with Gasteiger partial charge in [0.05, 0.1) is 6.61 Å². The van der Waals surface area contributed by atoms with Crippen molar-refractivity contribution in [3.8, 4) is 10.8 Å². The molecule has 0 atom stereocenters. The number of halogens is 1. The molecule has 2 rings (SSSR count). The zero-order valence-corrected chi connectivity index (χ0v) is 13.1. The second-order valence-electron chi connectivity index (χ2n) is 3.95. The number of furan rings is 1. The van der Waals surface area contributed by atoms with E-state index in [1.165, 1.54) is 0 Å². The van der Waals surface area contributed by atoms with Crippen LogP contribution in [0, 0.1) is 0 Å². The topological polar surface area (TPSA) is 60.2 Å². The summed E-state index contributed by atoms with van der Waals surface area (Å²) >= 11 is 4.86. The van der Waals surface area contributed by atoms with Gasteiger partial charge in [0.1, 0.15) is 5.01 Å². The van der Waals surface area contributed by atoms with Crippen LogP contribution in [0.2, 0.25) is 0 Å². The van der Waals surface area contributed by atoms with Crippen molar-refractivity contribution < 1.29 is 9.15 Å². The van der Waals surface area contributed by atoms with E-state index in [2.05, 4.69) is 31.4 Å². The summed E-state index contributed by atoms with van der Waals surface area (Å²) in [6.45, 7) is 2.60. The summed E-state index contributed by atoms with van der Waals surface area (Å²) in [4.78, 5) is 0. The summed E-state index contributed by atoms with van der Waals surface area (Å²) in [5.74, 6) is 0.758. The Morgan fingerprint density at radius 3 is 3.00 bits per heavy atom. The van der Waals surface area contributed by atoms with Crippen LogP contribution in [-0.4, -0.2) is 37.0 Å². The third-order valence-corrected chi connectivity index (χ3v) is 3.90. The van der Waals surface area contributed by atoms with Gasteiger partial charge in [-0.15, -0.1) is 10.2 Å². The molecule has 1 N–H and O–H groups in total. The van der Waals surface area contributed by atoms with Crippen molar-refractivity contribution in [1.82, 2.24) is 15.5 Å². The van der Waals surface area contributed by atoms with Gasteiger partial charge in [0.2, 0.25) is 0 Å². The van der Waals surface area contributed by atoms with Crippen molar-refractivity contribution in [3.05, 3.63) is 21.8 Å². The molecule has 0 saturated carbocycles. The predicted octanol–water partition coefficient (Wildman–Crippen LogP) is 2.73. The molecular formula is C12H16BrN3O2S. The molecule has 0 bridgehead atoms. The van der Waals surface area contributed by atoms with Crippen molar-refractivity contribution in [2.45, 2.75) is 12.8 Å². The molecule has 2 heterocycles. The molecule has 0 aliphatic rings. The second-order valence-corrected chi connectivity index (χ2v) is 5.79. The minimum atomic E-state index is 0.710.